The Hall–Kier alpha value is -4.79. The summed E-state index contributed by atoms with van der Waals surface area (Å²) >= 11 is 0. The van der Waals surface area contributed by atoms with Crippen molar-refractivity contribution in [1.29, 1.82) is 0 Å². The molecule has 2 aromatic carbocycles. The summed E-state index contributed by atoms with van der Waals surface area (Å²) in [4.78, 5) is 33.0. The van der Waals surface area contributed by atoms with Crippen LogP contribution in [0.3, 0.4) is 0 Å². The van der Waals surface area contributed by atoms with Gasteiger partial charge in [-0.2, -0.15) is 0 Å². The van der Waals surface area contributed by atoms with Crippen molar-refractivity contribution < 1.29 is 28.9 Å². The summed E-state index contributed by atoms with van der Waals surface area (Å²) in [6.07, 6.45) is 1.75. The van der Waals surface area contributed by atoms with Crippen LogP contribution in [0, 0.1) is 6.92 Å². The Morgan fingerprint density at radius 3 is 2.24 bits per heavy atom. The number of ether oxygens (including phenoxy) is 3. The van der Waals surface area contributed by atoms with Crippen molar-refractivity contribution in [2.75, 3.05) is 21.3 Å². The van der Waals surface area contributed by atoms with Gasteiger partial charge in [-0.15, -0.1) is 0 Å². The molecule has 1 aliphatic heterocycles. The van der Waals surface area contributed by atoms with Crippen LogP contribution in [0.4, 0.5) is 0 Å². The molecule has 3 heterocycles. The molecule has 0 bridgehead atoms. The number of ketones is 1. The molecule has 38 heavy (non-hydrogen) atoms. The average molecular weight is 514 g/mol. The van der Waals surface area contributed by atoms with E-state index in [-0.39, 0.29) is 17.9 Å². The van der Waals surface area contributed by atoms with Crippen LogP contribution >= 0.6 is 0 Å². The summed E-state index contributed by atoms with van der Waals surface area (Å²) < 4.78 is 18.3. The van der Waals surface area contributed by atoms with Crippen molar-refractivity contribution in [2.24, 2.45) is 0 Å². The molecule has 1 aliphatic rings. The molecule has 1 atom stereocenters. The van der Waals surface area contributed by atoms with E-state index in [0.29, 0.717) is 39.8 Å². The van der Waals surface area contributed by atoms with Crippen molar-refractivity contribution in [3.63, 3.8) is 0 Å². The Morgan fingerprint density at radius 1 is 0.947 bits per heavy atom. The molecule has 0 saturated carbocycles. The Balaban J connectivity index is 1.77. The number of methoxy groups -OCH3 is 3. The molecule has 1 amide bonds. The third-order valence-electron chi connectivity index (χ3n) is 6.67. The summed E-state index contributed by atoms with van der Waals surface area (Å²) in [5.41, 5.74) is 2.77. The molecule has 9 heteroatoms. The molecule has 1 fully saturated rings. The number of aromatic nitrogens is 2. The number of hydrogen-bond donors (Lipinski definition) is 1. The van der Waals surface area contributed by atoms with Gasteiger partial charge in [-0.25, -0.2) is 4.98 Å². The second-order valence-electron chi connectivity index (χ2n) is 8.85. The number of fused-ring (bicyclic) bond motifs is 1. The molecule has 0 aliphatic carbocycles. The van der Waals surface area contributed by atoms with Crippen LogP contribution in [0.1, 0.15) is 28.6 Å². The summed E-state index contributed by atoms with van der Waals surface area (Å²) in [6.45, 7) is 1.90. The number of carbonyl (C=O) groups excluding carboxylic acids is 2. The SMILES string of the molecule is COc1cc(C2/C(=C(\O)c3c(C)nc4ccccn34)C(=O)C(=O)N2Cc2ccccc2)cc(OC)c1OC. The molecule has 5 rings (SSSR count). The highest BCUT2D eigenvalue weighted by atomic mass is 16.5. The summed E-state index contributed by atoms with van der Waals surface area (Å²) in [5, 5.41) is 11.7. The van der Waals surface area contributed by atoms with Gasteiger partial charge in [0, 0.05) is 12.7 Å². The topological polar surface area (TPSA) is 103 Å². The number of aryl methyl sites for hydroxylation is 1. The number of likely N-dealkylation sites (tertiary alicyclic amines) is 1. The monoisotopic (exact) mass is 513 g/mol. The van der Waals surface area contributed by atoms with Gasteiger partial charge in [-0.05, 0) is 42.3 Å². The van der Waals surface area contributed by atoms with E-state index in [1.165, 1.54) is 26.2 Å². The first-order valence-electron chi connectivity index (χ1n) is 12.0. The Kier molecular flexibility index (Phi) is 6.50. The summed E-state index contributed by atoms with van der Waals surface area (Å²) in [7, 11) is 4.47. The number of rotatable bonds is 7. The molecule has 0 spiro atoms. The lowest BCUT2D eigenvalue weighted by Gasteiger charge is -2.26. The zero-order valence-corrected chi connectivity index (χ0v) is 21.5. The second kappa shape index (κ2) is 9.93. The van der Waals surface area contributed by atoms with Gasteiger partial charge in [0.25, 0.3) is 11.7 Å². The second-order valence-corrected chi connectivity index (χ2v) is 8.85. The summed E-state index contributed by atoms with van der Waals surface area (Å²) in [5.74, 6) is -0.732. The van der Waals surface area contributed by atoms with Crippen molar-refractivity contribution >= 4 is 23.1 Å². The molecular weight excluding hydrogens is 486 g/mol. The van der Waals surface area contributed by atoms with Crippen LogP contribution < -0.4 is 14.2 Å². The van der Waals surface area contributed by atoms with Gasteiger partial charge in [0.1, 0.15) is 11.3 Å². The minimum Gasteiger partial charge on any atom is -0.505 e. The van der Waals surface area contributed by atoms with Crippen LogP contribution in [-0.4, -0.2) is 52.4 Å². The molecule has 1 N–H and O–H groups in total. The van der Waals surface area contributed by atoms with Crippen molar-refractivity contribution in [3.8, 4) is 17.2 Å². The number of pyridine rings is 1. The highest BCUT2D eigenvalue weighted by molar-refractivity contribution is 6.46. The molecule has 0 radical (unpaired) electrons. The lowest BCUT2D eigenvalue weighted by molar-refractivity contribution is -0.140. The lowest BCUT2D eigenvalue weighted by atomic mass is 9.95. The molecule has 1 saturated heterocycles. The van der Waals surface area contributed by atoms with E-state index in [1.807, 2.05) is 36.4 Å². The van der Waals surface area contributed by atoms with Gasteiger partial charge in [-0.3, -0.25) is 14.0 Å². The zero-order chi connectivity index (χ0) is 27.0. The number of carbonyl (C=O) groups is 2. The van der Waals surface area contributed by atoms with Crippen LogP contribution in [0.15, 0.2) is 72.4 Å². The van der Waals surface area contributed by atoms with E-state index >= 15 is 0 Å². The Bertz CT molecular complexity index is 1550. The van der Waals surface area contributed by atoms with E-state index in [4.69, 9.17) is 14.2 Å². The standard InChI is InChI=1S/C29H27N3O6/c1-17-24(31-13-9-8-12-22(31)30-17)26(33)23-25(19-14-20(36-2)28(38-4)21(15-19)37-3)32(29(35)27(23)34)16-18-10-6-5-7-11-18/h5-15,25,33H,16H2,1-4H3/b26-23+. The average Bonchev–Trinajstić information content (AvgIpc) is 3.40. The number of aliphatic hydroxyl groups is 1. The van der Waals surface area contributed by atoms with E-state index in [2.05, 4.69) is 4.98 Å². The maximum absolute atomic E-state index is 13.6. The van der Waals surface area contributed by atoms with Gasteiger partial charge in [0.15, 0.2) is 17.3 Å². The highest BCUT2D eigenvalue weighted by Gasteiger charge is 2.47. The number of amides is 1. The Labute approximate surface area is 219 Å². The van der Waals surface area contributed by atoms with E-state index in [1.54, 1.807) is 41.8 Å². The number of hydrogen-bond acceptors (Lipinski definition) is 7. The Morgan fingerprint density at radius 2 is 1.61 bits per heavy atom. The fourth-order valence-corrected chi connectivity index (χ4v) is 4.96. The maximum Gasteiger partial charge on any atom is 0.295 e. The van der Waals surface area contributed by atoms with Crippen molar-refractivity contribution in [1.82, 2.24) is 14.3 Å². The van der Waals surface area contributed by atoms with Crippen LogP contribution in [-0.2, 0) is 16.1 Å². The molecule has 9 nitrogen and oxygen atoms in total. The van der Waals surface area contributed by atoms with Crippen LogP contribution in [0.2, 0.25) is 0 Å². The van der Waals surface area contributed by atoms with E-state index in [9.17, 15) is 14.7 Å². The molecular formula is C29H27N3O6. The smallest absolute Gasteiger partial charge is 0.295 e. The molecule has 194 valence electrons. The van der Waals surface area contributed by atoms with Crippen LogP contribution in [0.5, 0.6) is 17.2 Å². The van der Waals surface area contributed by atoms with Gasteiger partial charge in [-0.1, -0.05) is 36.4 Å². The minimum absolute atomic E-state index is 0.0473. The fraction of sp³-hybridized carbons (Fsp3) is 0.207. The molecule has 1 unspecified atom stereocenters. The third kappa shape index (κ3) is 4.02. The van der Waals surface area contributed by atoms with Gasteiger partial charge in [0.2, 0.25) is 5.75 Å². The lowest BCUT2D eigenvalue weighted by Crippen LogP contribution is -2.29. The quantitative estimate of drug-likeness (QED) is 0.223. The maximum atomic E-state index is 13.6. The van der Waals surface area contributed by atoms with E-state index < -0.39 is 17.7 Å². The van der Waals surface area contributed by atoms with Gasteiger partial charge in [0.05, 0.1) is 38.6 Å². The molecule has 2 aromatic heterocycles. The summed E-state index contributed by atoms with van der Waals surface area (Å²) in [6, 6.07) is 17.2. The number of benzene rings is 2. The number of aliphatic hydroxyl groups excluding tert-OH is 1. The third-order valence-corrected chi connectivity index (χ3v) is 6.67. The first kappa shape index (κ1) is 24.9. The number of Topliss-reactive ketones (excluding diaryl/α,β-unsaturated/α-hetero) is 1. The van der Waals surface area contributed by atoms with Gasteiger partial charge < -0.3 is 24.2 Å². The minimum atomic E-state index is -0.933. The van der Waals surface area contributed by atoms with Crippen molar-refractivity contribution in [3.05, 3.63) is 94.9 Å². The number of nitrogens with zero attached hydrogens (tertiary/aromatic N) is 3. The first-order valence-corrected chi connectivity index (χ1v) is 12.0. The molecule has 4 aromatic rings. The fourth-order valence-electron chi connectivity index (χ4n) is 4.96. The zero-order valence-electron chi connectivity index (χ0n) is 21.5. The predicted octanol–water partition coefficient (Wildman–Crippen LogP) is 4.29. The van der Waals surface area contributed by atoms with Crippen molar-refractivity contribution in [2.45, 2.75) is 19.5 Å². The number of imidazole rings is 1. The largest absolute Gasteiger partial charge is 0.505 e. The van der Waals surface area contributed by atoms with E-state index in [0.717, 1.165) is 5.56 Å². The normalized spacial score (nSPS) is 16.7. The highest BCUT2D eigenvalue weighted by Crippen LogP contribution is 2.46. The predicted molar refractivity (Wildman–Crippen MR) is 140 cm³/mol. The van der Waals surface area contributed by atoms with Crippen LogP contribution in [0.25, 0.3) is 11.4 Å². The van der Waals surface area contributed by atoms with Gasteiger partial charge >= 0.3 is 0 Å². The first-order chi connectivity index (χ1) is 18.4.